The van der Waals surface area contributed by atoms with E-state index in [0.717, 1.165) is 18.0 Å². The first-order chi connectivity index (χ1) is 9.04. The van der Waals surface area contributed by atoms with Crippen molar-refractivity contribution in [3.8, 4) is 0 Å². The molecule has 0 amide bonds. The molecule has 1 atom stereocenters. The van der Waals surface area contributed by atoms with Crippen molar-refractivity contribution >= 4 is 5.90 Å². The number of fused-ring (bicyclic) bond motifs is 1. The van der Waals surface area contributed by atoms with E-state index in [2.05, 4.69) is 32.9 Å². The van der Waals surface area contributed by atoms with Gasteiger partial charge in [-0.3, -0.25) is 0 Å². The van der Waals surface area contributed by atoms with Crippen molar-refractivity contribution in [2.75, 3.05) is 6.61 Å². The average Bonchev–Trinajstić information content (AvgIpc) is 2.87. The fourth-order valence-corrected chi connectivity index (χ4v) is 2.66. The van der Waals surface area contributed by atoms with Crippen LogP contribution in [0.25, 0.3) is 0 Å². The molecule has 1 aliphatic carbocycles. The zero-order valence-corrected chi connectivity index (χ0v) is 12.1. The monoisotopic (exact) mass is 258 g/mol. The first-order valence-electron chi connectivity index (χ1n) is 7.24. The van der Waals surface area contributed by atoms with Crippen molar-refractivity contribution in [2.45, 2.75) is 52.5 Å². The number of hydrogen-bond acceptors (Lipinski definition) is 3. The van der Waals surface area contributed by atoms with Gasteiger partial charge in [-0.15, -0.1) is 0 Å². The summed E-state index contributed by atoms with van der Waals surface area (Å²) in [5.74, 6) is 0.730. The SMILES string of the molecule is CC(C)(C)[C@H]1COC(c2ccc3c(n2)CCCC3)=N1. The van der Waals surface area contributed by atoms with Gasteiger partial charge in [-0.05, 0) is 42.7 Å². The number of pyridine rings is 1. The highest BCUT2D eigenvalue weighted by Gasteiger charge is 2.31. The number of rotatable bonds is 1. The van der Waals surface area contributed by atoms with Gasteiger partial charge < -0.3 is 4.74 Å². The zero-order chi connectivity index (χ0) is 13.5. The summed E-state index contributed by atoms with van der Waals surface area (Å²) in [4.78, 5) is 9.47. The van der Waals surface area contributed by atoms with Crippen molar-refractivity contribution in [3.63, 3.8) is 0 Å². The van der Waals surface area contributed by atoms with E-state index in [9.17, 15) is 0 Å². The number of aromatic nitrogens is 1. The Hall–Kier alpha value is -1.38. The largest absolute Gasteiger partial charge is 0.474 e. The van der Waals surface area contributed by atoms with Gasteiger partial charge in [-0.2, -0.15) is 0 Å². The summed E-state index contributed by atoms with van der Waals surface area (Å²) in [5, 5.41) is 0. The summed E-state index contributed by atoms with van der Waals surface area (Å²) in [5.41, 5.74) is 3.71. The third-order valence-electron chi connectivity index (χ3n) is 4.05. The van der Waals surface area contributed by atoms with Gasteiger partial charge in [-0.25, -0.2) is 9.98 Å². The van der Waals surface area contributed by atoms with Crippen LogP contribution in [0.2, 0.25) is 0 Å². The number of aliphatic imine (C=N–C) groups is 1. The van der Waals surface area contributed by atoms with Crippen molar-refractivity contribution < 1.29 is 4.74 Å². The summed E-state index contributed by atoms with van der Waals surface area (Å²) in [6.07, 6.45) is 4.80. The number of nitrogens with zero attached hydrogens (tertiary/aromatic N) is 2. The Kier molecular flexibility index (Phi) is 3.08. The van der Waals surface area contributed by atoms with E-state index in [0.29, 0.717) is 6.61 Å². The maximum Gasteiger partial charge on any atom is 0.235 e. The van der Waals surface area contributed by atoms with Crippen LogP contribution in [0.1, 0.15) is 50.6 Å². The van der Waals surface area contributed by atoms with Crippen LogP contribution in [-0.4, -0.2) is 23.5 Å². The van der Waals surface area contributed by atoms with Gasteiger partial charge in [-0.1, -0.05) is 26.8 Å². The number of aryl methyl sites for hydroxylation is 2. The van der Waals surface area contributed by atoms with Crippen LogP contribution >= 0.6 is 0 Å². The van der Waals surface area contributed by atoms with Crippen LogP contribution in [0.3, 0.4) is 0 Å². The second kappa shape index (κ2) is 4.62. The molecule has 2 aliphatic rings. The molecular formula is C16H22N2O. The number of ether oxygens (including phenoxy) is 1. The van der Waals surface area contributed by atoms with Crippen LogP contribution < -0.4 is 0 Å². The van der Waals surface area contributed by atoms with Crippen LogP contribution in [0.5, 0.6) is 0 Å². The lowest BCUT2D eigenvalue weighted by atomic mass is 9.88. The molecule has 0 fully saturated rings. The van der Waals surface area contributed by atoms with Crippen molar-refractivity contribution in [3.05, 3.63) is 29.1 Å². The summed E-state index contributed by atoms with van der Waals surface area (Å²) in [7, 11) is 0. The average molecular weight is 258 g/mol. The van der Waals surface area contributed by atoms with E-state index in [1.807, 2.05) is 0 Å². The Balaban J connectivity index is 1.87. The van der Waals surface area contributed by atoms with Gasteiger partial charge in [0.05, 0.1) is 6.04 Å². The highest BCUT2D eigenvalue weighted by Crippen LogP contribution is 2.27. The Labute approximate surface area is 115 Å². The van der Waals surface area contributed by atoms with Gasteiger partial charge in [0, 0.05) is 5.69 Å². The molecule has 3 heteroatoms. The normalized spacial score (nSPS) is 22.7. The van der Waals surface area contributed by atoms with Gasteiger partial charge >= 0.3 is 0 Å². The fraction of sp³-hybridized carbons (Fsp3) is 0.625. The Bertz CT molecular complexity index is 514. The molecule has 1 aliphatic heterocycles. The van der Waals surface area contributed by atoms with Crippen molar-refractivity contribution in [2.24, 2.45) is 10.4 Å². The summed E-state index contributed by atoms with van der Waals surface area (Å²) in [6, 6.07) is 4.50. The molecule has 3 rings (SSSR count). The lowest BCUT2D eigenvalue weighted by molar-refractivity contribution is 0.235. The first-order valence-corrected chi connectivity index (χ1v) is 7.24. The maximum atomic E-state index is 5.76. The molecule has 0 aromatic carbocycles. The molecule has 1 aromatic heterocycles. The molecule has 2 heterocycles. The van der Waals surface area contributed by atoms with E-state index in [4.69, 9.17) is 14.7 Å². The van der Waals surface area contributed by atoms with E-state index < -0.39 is 0 Å². The quantitative estimate of drug-likeness (QED) is 0.775. The first kappa shape index (κ1) is 12.6. The third kappa shape index (κ3) is 2.51. The Morgan fingerprint density at radius 2 is 1.95 bits per heavy atom. The molecule has 0 unspecified atom stereocenters. The van der Waals surface area contributed by atoms with E-state index in [-0.39, 0.29) is 11.5 Å². The third-order valence-corrected chi connectivity index (χ3v) is 4.05. The minimum absolute atomic E-state index is 0.149. The molecule has 0 bridgehead atoms. The minimum atomic E-state index is 0.149. The highest BCUT2D eigenvalue weighted by molar-refractivity contribution is 5.93. The molecule has 19 heavy (non-hydrogen) atoms. The van der Waals surface area contributed by atoms with Crippen LogP contribution in [0.15, 0.2) is 17.1 Å². The molecule has 0 spiro atoms. The summed E-state index contributed by atoms with van der Waals surface area (Å²) in [6.45, 7) is 7.28. The van der Waals surface area contributed by atoms with Crippen molar-refractivity contribution in [1.82, 2.24) is 4.98 Å². The predicted octanol–water partition coefficient (Wildman–Crippen LogP) is 3.15. The molecule has 0 N–H and O–H groups in total. The Morgan fingerprint density at radius 1 is 1.16 bits per heavy atom. The highest BCUT2D eigenvalue weighted by atomic mass is 16.5. The van der Waals surface area contributed by atoms with E-state index in [1.54, 1.807) is 0 Å². The molecule has 0 saturated heterocycles. The van der Waals surface area contributed by atoms with E-state index >= 15 is 0 Å². The number of hydrogen-bond donors (Lipinski definition) is 0. The molecule has 0 radical (unpaired) electrons. The predicted molar refractivity (Wildman–Crippen MR) is 76.6 cm³/mol. The summed E-state index contributed by atoms with van der Waals surface area (Å²) >= 11 is 0. The molecule has 102 valence electrons. The van der Waals surface area contributed by atoms with Gasteiger partial charge in [0.1, 0.15) is 12.3 Å². The second-order valence-corrected chi connectivity index (χ2v) is 6.64. The lowest BCUT2D eigenvalue weighted by Gasteiger charge is -2.21. The summed E-state index contributed by atoms with van der Waals surface area (Å²) < 4.78 is 5.76. The fourth-order valence-electron chi connectivity index (χ4n) is 2.66. The molecule has 3 nitrogen and oxygen atoms in total. The molecule has 1 aromatic rings. The topological polar surface area (TPSA) is 34.5 Å². The molecular weight excluding hydrogens is 236 g/mol. The standard InChI is InChI=1S/C16H22N2O/c1-16(2,3)14-10-19-15(18-14)13-9-8-11-6-4-5-7-12(11)17-13/h8-9,14H,4-7,10H2,1-3H3/t14-/m1/s1. The van der Waals surface area contributed by atoms with Gasteiger partial charge in [0.2, 0.25) is 5.90 Å². The van der Waals surface area contributed by atoms with Crippen molar-refractivity contribution in [1.29, 1.82) is 0 Å². The van der Waals surface area contributed by atoms with Gasteiger partial charge in [0.25, 0.3) is 0 Å². The van der Waals surface area contributed by atoms with Crippen LogP contribution in [0.4, 0.5) is 0 Å². The Morgan fingerprint density at radius 3 is 2.68 bits per heavy atom. The van der Waals surface area contributed by atoms with E-state index in [1.165, 1.54) is 30.5 Å². The minimum Gasteiger partial charge on any atom is -0.474 e. The maximum absolute atomic E-state index is 5.76. The van der Waals surface area contributed by atoms with Gasteiger partial charge in [0.15, 0.2) is 0 Å². The second-order valence-electron chi connectivity index (χ2n) is 6.64. The zero-order valence-electron chi connectivity index (χ0n) is 12.1. The van der Waals surface area contributed by atoms with Crippen LogP contribution in [-0.2, 0) is 17.6 Å². The molecule has 0 saturated carbocycles. The van der Waals surface area contributed by atoms with Crippen LogP contribution in [0, 0.1) is 5.41 Å². The lowest BCUT2D eigenvalue weighted by Crippen LogP contribution is -2.25. The smallest absolute Gasteiger partial charge is 0.235 e.